The van der Waals surface area contributed by atoms with Crippen LogP contribution in [0.2, 0.25) is 0 Å². The molecule has 4 nitrogen and oxygen atoms in total. The van der Waals surface area contributed by atoms with Crippen LogP contribution >= 0.6 is 11.8 Å². The molecular weight excluding hydrogens is 262 g/mol. The third-order valence-corrected chi connectivity index (χ3v) is 2.72. The van der Waals surface area contributed by atoms with Crippen molar-refractivity contribution in [3.63, 3.8) is 0 Å². The van der Waals surface area contributed by atoms with Crippen molar-refractivity contribution < 1.29 is 14.3 Å². The van der Waals surface area contributed by atoms with Crippen LogP contribution in [0.15, 0.2) is 30.3 Å². The molecule has 0 spiro atoms. The summed E-state index contributed by atoms with van der Waals surface area (Å²) in [5.74, 6) is 0.0481. The van der Waals surface area contributed by atoms with Crippen LogP contribution in [0.1, 0.15) is 12.5 Å². The van der Waals surface area contributed by atoms with Crippen molar-refractivity contribution in [2.24, 2.45) is 0 Å². The van der Waals surface area contributed by atoms with Crippen molar-refractivity contribution in [2.75, 3.05) is 23.9 Å². The Hall–Kier alpha value is -1.75. The summed E-state index contributed by atoms with van der Waals surface area (Å²) >= 11 is 1.47. The molecule has 0 aliphatic heterocycles. The molecular formula is C14H17NO3S. The molecule has 0 bridgehead atoms. The first-order valence-electron chi connectivity index (χ1n) is 5.89. The number of amides is 1. The van der Waals surface area contributed by atoms with E-state index < -0.39 is 0 Å². The second-order valence-corrected chi connectivity index (χ2v) is 4.55. The highest BCUT2D eigenvalue weighted by Gasteiger charge is 2.00. The molecule has 0 heterocycles. The summed E-state index contributed by atoms with van der Waals surface area (Å²) in [5, 5.41) is 2.78. The Morgan fingerprint density at radius 3 is 2.58 bits per heavy atom. The van der Waals surface area contributed by atoms with Gasteiger partial charge in [0, 0.05) is 11.8 Å². The Morgan fingerprint density at radius 1 is 1.32 bits per heavy atom. The zero-order chi connectivity index (χ0) is 14.1. The molecule has 0 aliphatic carbocycles. The van der Waals surface area contributed by atoms with Crippen molar-refractivity contribution in [3.05, 3.63) is 35.9 Å². The predicted octanol–water partition coefficient (Wildman–Crippen LogP) is 2.56. The van der Waals surface area contributed by atoms with E-state index in [9.17, 15) is 9.59 Å². The highest BCUT2D eigenvalue weighted by Crippen LogP contribution is 2.11. The molecule has 1 aromatic carbocycles. The van der Waals surface area contributed by atoms with E-state index in [4.69, 9.17) is 4.74 Å². The minimum Gasteiger partial charge on any atom is -0.463 e. The van der Waals surface area contributed by atoms with E-state index in [1.807, 2.05) is 18.4 Å². The zero-order valence-electron chi connectivity index (χ0n) is 11.0. The molecule has 0 aliphatic rings. The van der Waals surface area contributed by atoms with Gasteiger partial charge in [-0.1, -0.05) is 12.1 Å². The quantitative estimate of drug-likeness (QED) is 0.642. The number of hydrogen-bond donors (Lipinski definition) is 1. The monoisotopic (exact) mass is 279 g/mol. The van der Waals surface area contributed by atoms with Gasteiger partial charge in [0.25, 0.3) is 0 Å². The highest BCUT2D eigenvalue weighted by molar-refractivity contribution is 7.99. The molecule has 1 amide bonds. The van der Waals surface area contributed by atoms with Gasteiger partial charge in [0.05, 0.1) is 12.4 Å². The van der Waals surface area contributed by atoms with E-state index in [-0.39, 0.29) is 11.9 Å². The van der Waals surface area contributed by atoms with Gasteiger partial charge in [-0.2, -0.15) is 11.8 Å². The predicted molar refractivity (Wildman–Crippen MR) is 79.1 cm³/mol. The van der Waals surface area contributed by atoms with Crippen LogP contribution in [0.4, 0.5) is 5.69 Å². The van der Waals surface area contributed by atoms with Gasteiger partial charge in [-0.3, -0.25) is 4.79 Å². The minimum atomic E-state index is -0.361. The largest absolute Gasteiger partial charge is 0.463 e. The average molecular weight is 279 g/mol. The average Bonchev–Trinajstić information content (AvgIpc) is 2.38. The number of hydrogen-bond acceptors (Lipinski definition) is 4. The number of benzene rings is 1. The highest BCUT2D eigenvalue weighted by atomic mass is 32.2. The number of carbonyl (C=O) groups excluding carboxylic acids is 2. The fourth-order valence-electron chi connectivity index (χ4n) is 1.36. The molecule has 19 heavy (non-hydrogen) atoms. The molecule has 102 valence electrons. The van der Waals surface area contributed by atoms with Crippen molar-refractivity contribution in [2.45, 2.75) is 6.92 Å². The smallest absolute Gasteiger partial charge is 0.330 e. The molecule has 0 saturated heterocycles. The van der Waals surface area contributed by atoms with Crippen LogP contribution in [0.5, 0.6) is 0 Å². The number of ether oxygens (including phenoxy) is 1. The summed E-state index contributed by atoms with van der Waals surface area (Å²) in [6.07, 6.45) is 4.93. The summed E-state index contributed by atoms with van der Waals surface area (Å²) in [6.45, 7) is 2.13. The fraction of sp³-hybridized carbons (Fsp3) is 0.286. The molecule has 0 atom stereocenters. The molecule has 1 rings (SSSR count). The third-order valence-electron chi connectivity index (χ3n) is 2.17. The standard InChI is InChI=1S/C14H17NO3S/c1-3-18-14(17)9-6-11-4-7-12(8-5-11)15-13(16)10-19-2/h4-9H,3,10H2,1-2H3,(H,15,16). The van der Waals surface area contributed by atoms with E-state index >= 15 is 0 Å². The van der Waals surface area contributed by atoms with E-state index in [1.54, 1.807) is 25.1 Å². The molecule has 0 saturated carbocycles. The van der Waals surface area contributed by atoms with E-state index in [0.29, 0.717) is 12.4 Å². The lowest BCUT2D eigenvalue weighted by molar-refractivity contribution is -0.137. The van der Waals surface area contributed by atoms with Crippen LogP contribution in [0.25, 0.3) is 6.08 Å². The third kappa shape index (κ3) is 6.10. The summed E-state index contributed by atoms with van der Waals surface area (Å²) < 4.78 is 4.78. The Morgan fingerprint density at radius 2 is 2.00 bits per heavy atom. The number of nitrogens with one attached hydrogen (secondary N) is 1. The number of anilines is 1. The van der Waals surface area contributed by atoms with Crippen LogP contribution in [0.3, 0.4) is 0 Å². The maximum Gasteiger partial charge on any atom is 0.330 e. The molecule has 0 unspecified atom stereocenters. The van der Waals surface area contributed by atoms with E-state index in [1.165, 1.54) is 17.8 Å². The maximum absolute atomic E-state index is 11.4. The Labute approximate surface area is 117 Å². The number of thioether (sulfide) groups is 1. The molecule has 1 N–H and O–H groups in total. The molecule has 0 radical (unpaired) electrons. The molecule has 0 fully saturated rings. The zero-order valence-corrected chi connectivity index (χ0v) is 11.8. The summed E-state index contributed by atoms with van der Waals surface area (Å²) in [7, 11) is 0. The Kier molecular flexibility index (Phi) is 6.74. The van der Waals surface area contributed by atoms with Crippen LogP contribution < -0.4 is 5.32 Å². The van der Waals surface area contributed by atoms with Gasteiger partial charge in [-0.15, -0.1) is 0 Å². The minimum absolute atomic E-state index is 0.0256. The second kappa shape index (κ2) is 8.37. The second-order valence-electron chi connectivity index (χ2n) is 3.69. The van der Waals surface area contributed by atoms with Gasteiger partial charge in [0.1, 0.15) is 0 Å². The fourth-order valence-corrected chi connectivity index (χ4v) is 1.69. The first kappa shape index (κ1) is 15.3. The van der Waals surface area contributed by atoms with E-state index in [0.717, 1.165) is 11.3 Å². The molecule has 0 aromatic heterocycles. The van der Waals surface area contributed by atoms with Gasteiger partial charge in [0.15, 0.2) is 0 Å². The van der Waals surface area contributed by atoms with Gasteiger partial charge < -0.3 is 10.1 Å². The number of carbonyl (C=O) groups is 2. The van der Waals surface area contributed by atoms with Gasteiger partial charge in [-0.25, -0.2) is 4.79 Å². The van der Waals surface area contributed by atoms with Crippen molar-refractivity contribution in [3.8, 4) is 0 Å². The van der Waals surface area contributed by atoms with Crippen molar-refractivity contribution in [1.29, 1.82) is 0 Å². The first-order chi connectivity index (χ1) is 9.15. The number of rotatable bonds is 6. The summed E-state index contributed by atoms with van der Waals surface area (Å²) in [4.78, 5) is 22.5. The lowest BCUT2D eigenvalue weighted by atomic mass is 10.2. The SMILES string of the molecule is CCOC(=O)C=Cc1ccc(NC(=O)CSC)cc1. The van der Waals surface area contributed by atoms with Crippen LogP contribution in [0, 0.1) is 0 Å². The van der Waals surface area contributed by atoms with Gasteiger partial charge >= 0.3 is 5.97 Å². The van der Waals surface area contributed by atoms with Crippen molar-refractivity contribution >= 4 is 35.4 Å². The molecule has 1 aromatic rings. The van der Waals surface area contributed by atoms with Crippen LogP contribution in [-0.4, -0.2) is 30.5 Å². The van der Waals surface area contributed by atoms with Crippen LogP contribution in [-0.2, 0) is 14.3 Å². The summed E-state index contributed by atoms with van der Waals surface area (Å²) in [6, 6.07) is 7.24. The van der Waals surface area contributed by atoms with Gasteiger partial charge in [-0.05, 0) is 37.0 Å². The molecule has 5 heteroatoms. The maximum atomic E-state index is 11.4. The first-order valence-corrected chi connectivity index (χ1v) is 7.28. The lowest BCUT2D eigenvalue weighted by Crippen LogP contribution is -2.13. The lowest BCUT2D eigenvalue weighted by Gasteiger charge is -2.04. The Balaban J connectivity index is 2.56. The topological polar surface area (TPSA) is 55.4 Å². The van der Waals surface area contributed by atoms with E-state index in [2.05, 4.69) is 5.32 Å². The van der Waals surface area contributed by atoms with Gasteiger partial charge in [0.2, 0.25) is 5.91 Å². The normalized spacial score (nSPS) is 10.4. The Bertz CT molecular complexity index is 454. The number of esters is 1. The van der Waals surface area contributed by atoms with Crippen molar-refractivity contribution in [1.82, 2.24) is 0 Å². The summed E-state index contributed by atoms with van der Waals surface area (Å²) in [5.41, 5.74) is 1.61.